The van der Waals surface area contributed by atoms with Gasteiger partial charge in [0.2, 0.25) is 0 Å². The number of carbonyl (C=O) groups is 1. The Balaban J connectivity index is 1.83. The predicted octanol–water partition coefficient (Wildman–Crippen LogP) is 2.90. The van der Waals surface area contributed by atoms with E-state index in [1.54, 1.807) is 19.1 Å². The number of nitro groups is 1. The number of rotatable bonds is 6. The van der Waals surface area contributed by atoms with Gasteiger partial charge in [0, 0.05) is 36.3 Å². The standard InChI is InChI=1S/C17H25N3O3/c1-13-7-3-4-11-19(13)12-6-10-18-17(21)15-8-5-9-16(14(15)2)20(22)23/h5,8-9,13H,3-4,6-7,10-12H2,1-2H3,(H,18,21). The van der Waals surface area contributed by atoms with Gasteiger partial charge in [-0.1, -0.05) is 12.5 Å². The number of nitrogens with one attached hydrogen (secondary N) is 1. The van der Waals surface area contributed by atoms with Crippen LogP contribution in [0.25, 0.3) is 0 Å². The van der Waals surface area contributed by atoms with Gasteiger partial charge in [0.05, 0.1) is 4.92 Å². The summed E-state index contributed by atoms with van der Waals surface area (Å²) in [6, 6.07) is 5.22. The molecule has 126 valence electrons. The molecule has 1 fully saturated rings. The van der Waals surface area contributed by atoms with E-state index >= 15 is 0 Å². The number of carbonyl (C=O) groups excluding carboxylic acids is 1. The largest absolute Gasteiger partial charge is 0.352 e. The maximum atomic E-state index is 12.2. The second kappa shape index (κ2) is 8.06. The van der Waals surface area contributed by atoms with Crippen molar-refractivity contribution in [1.82, 2.24) is 10.2 Å². The molecular weight excluding hydrogens is 294 g/mol. The Labute approximate surface area is 137 Å². The van der Waals surface area contributed by atoms with Crippen LogP contribution in [0.4, 0.5) is 5.69 Å². The van der Waals surface area contributed by atoms with Gasteiger partial charge in [0.15, 0.2) is 0 Å². The number of likely N-dealkylation sites (tertiary alicyclic amines) is 1. The van der Waals surface area contributed by atoms with E-state index in [9.17, 15) is 14.9 Å². The zero-order chi connectivity index (χ0) is 16.8. The summed E-state index contributed by atoms with van der Waals surface area (Å²) in [5.41, 5.74) is 0.782. The fourth-order valence-corrected chi connectivity index (χ4v) is 3.14. The van der Waals surface area contributed by atoms with E-state index in [-0.39, 0.29) is 11.6 Å². The molecule has 1 aliphatic heterocycles. The summed E-state index contributed by atoms with van der Waals surface area (Å²) < 4.78 is 0. The Hall–Kier alpha value is -1.95. The van der Waals surface area contributed by atoms with E-state index in [0.29, 0.717) is 23.7 Å². The van der Waals surface area contributed by atoms with Crippen LogP contribution in [0.3, 0.4) is 0 Å². The van der Waals surface area contributed by atoms with Crippen molar-refractivity contribution in [3.63, 3.8) is 0 Å². The molecule has 1 aromatic carbocycles. The van der Waals surface area contributed by atoms with Crippen molar-refractivity contribution < 1.29 is 9.72 Å². The zero-order valence-corrected chi connectivity index (χ0v) is 13.9. The first kappa shape index (κ1) is 17.4. The minimum absolute atomic E-state index is 0.0141. The number of nitro benzene ring substituents is 1. The molecule has 0 radical (unpaired) electrons. The molecule has 1 N–H and O–H groups in total. The van der Waals surface area contributed by atoms with Gasteiger partial charge in [-0.2, -0.15) is 0 Å². The molecule has 1 heterocycles. The van der Waals surface area contributed by atoms with E-state index in [2.05, 4.69) is 17.1 Å². The van der Waals surface area contributed by atoms with E-state index in [1.165, 1.54) is 25.3 Å². The second-order valence-electron chi connectivity index (χ2n) is 6.20. The van der Waals surface area contributed by atoms with Crippen LogP contribution >= 0.6 is 0 Å². The lowest BCUT2D eigenvalue weighted by Crippen LogP contribution is -2.39. The Morgan fingerprint density at radius 2 is 2.22 bits per heavy atom. The fraction of sp³-hybridized carbons (Fsp3) is 0.588. The molecule has 2 rings (SSSR count). The summed E-state index contributed by atoms with van der Waals surface area (Å²) in [6.45, 7) is 6.57. The Morgan fingerprint density at radius 1 is 1.43 bits per heavy atom. The minimum Gasteiger partial charge on any atom is -0.352 e. The highest BCUT2D eigenvalue weighted by atomic mass is 16.6. The molecule has 0 saturated carbocycles. The van der Waals surface area contributed by atoms with Crippen LogP contribution < -0.4 is 5.32 Å². The van der Waals surface area contributed by atoms with Crippen LogP contribution in [0, 0.1) is 17.0 Å². The van der Waals surface area contributed by atoms with Crippen LogP contribution in [-0.2, 0) is 0 Å². The molecule has 1 saturated heterocycles. The quantitative estimate of drug-likeness (QED) is 0.497. The highest BCUT2D eigenvalue weighted by Crippen LogP contribution is 2.21. The number of piperidine rings is 1. The summed E-state index contributed by atoms with van der Waals surface area (Å²) in [4.78, 5) is 25.2. The highest BCUT2D eigenvalue weighted by molar-refractivity contribution is 5.96. The average molecular weight is 319 g/mol. The maximum Gasteiger partial charge on any atom is 0.273 e. The Morgan fingerprint density at radius 3 is 2.91 bits per heavy atom. The number of benzene rings is 1. The van der Waals surface area contributed by atoms with E-state index in [0.717, 1.165) is 19.5 Å². The van der Waals surface area contributed by atoms with Gasteiger partial charge in [-0.3, -0.25) is 14.9 Å². The topological polar surface area (TPSA) is 75.5 Å². The van der Waals surface area contributed by atoms with Gasteiger partial charge in [-0.15, -0.1) is 0 Å². The summed E-state index contributed by atoms with van der Waals surface area (Å²) in [7, 11) is 0. The van der Waals surface area contributed by atoms with Gasteiger partial charge in [0.1, 0.15) is 0 Å². The molecule has 0 aliphatic carbocycles. The summed E-state index contributed by atoms with van der Waals surface area (Å²) in [6.07, 6.45) is 4.70. The van der Waals surface area contributed by atoms with Crippen LogP contribution in [0.15, 0.2) is 18.2 Å². The molecule has 23 heavy (non-hydrogen) atoms. The van der Waals surface area contributed by atoms with Gasteiger partial charge < -0.3 is 10.2 Å². The molecule has 1 unspecified atom stereocenters. The van der Waals surface area contributed by atoms with Crippen LogP contribution in [0.1, 0.15) is 48.5 Å². The van der Waals surface area contributed by atoms with Crippen molar-refractivity contribution in [2.24, 2.45) is 0 Å². The molecule has 1 amide bonds. The van der Waals surface area contributed by atoms with Gasteiger partial charge in [0.25, 0.3) is 11.6 Å². The summed E-state index contributed by atoms with van der Waals surface area (Å²) in [5.74, 6) is -0.238. The number of nitrogens with zero attached hydrogens (tertiary/aromatic N) is 2. The lowest BCUT2D eigenvalue weighted by molar-refractivity contribution is -0.385. The molecule has 6 nitrogen and oxygen atoms in total. The van der Waals surface area contributed by atoms with E-state index in [4.69, 9.17) is 0 Å². The minimum atomic E-state index is -0.455. The van der Waals surface area contributed by atoms with Crippen molar-refractivity contribution in [2.45, 2.75) is 45.6 Å². The normalized spacial score (nSPS) is 18.6. The SMILES string of the molecule is Cc1c(C(=O)NCCCN2CCCCC2C)cccc1[N+](=O)[O-]. The third-order valence-corrected chi connectivity index (χ3v) is 4.59. The van der Waals surface area contributed by atoms with Crippen LogP contribution in [0.2, 0.25) is 0 Å². The van der Waals surface area contributed by atoms with Crippen molar-refractivity contribution >= 4 is 11.6 Å². The molecule has 0 aromatic heterocycles. The predicted molar refractivity (Wildman–Crippen MR) is 89.7 cm³/mol. The van der Waals surface area contributed by atoms with E-state index < -0.39 is 4.92 Å². The fourth-order valence-electron chi connectivity index (χ4n) is 3.14. The smallest absolute Gasteiger partial charge is 0.273 e. The van der Waals surface area contributed by atoms with E-state index in [1.807, 2.05) is 0 Å². The van der Waals surface area contributed by atoms with Crippen molar-refractivity contribution in [3.05, 3.63) is 39.4 Å². The zero-order valence-electron chi connectivity index (χ0n) is 13.9. The molecular formula is C17H25N3O3. The lowest BCUT2D eigenvalue weighted by atomic mass is 10.0. The molecule has 6 heteroatoms. The van der Waals surface area contributed by atoms with Crippen molar-refractivity contribution in [3.8, 4) is 0 Å². The monoisotopic (exact) mass is 319 g/mol. The first-order valence-electron chi connectivity index (χ1n) is 8.27. The molecule has 1 aliphatic rings. The van der Waals surface area contributed by atoms with Gasteiger partial charge in [-0.25, -0.2) is 0 Å². The first-order chi connectivity index (χ1) is 11.0. The third kappa shape index (κ3) is 4.51. The number of hydrogen-bond donors (Lipinski definition) is 1. The summed E-state index contributed by atoms with van der Waals surface area (Å²) in [5, 5.41) is 13.8. The molecule has 1 atom stereocenters. The van der Waals surface area contributed by atoms with Gasteiger partial charge in [-0.05, 0) is 45.7 Å². The Bertz CT molecular complexity index is 574. The van der Waals surface area contributed by atoms with Crippen molar-refractivity contribution in [1.29, 1.82) is 0 Å². The van der Waals surface area contributed by atoms with Crippen LogP contribution in [0.5, 0.6) is 0 Å². The molecule has 1 aromatic rings. The number of amides is 1. The highest BCUT2D eigenvalue weighted by Gasteiger charge is 2.19. The maximum absolute atomic E-state index is 12.2. The van der Waals surface area contributed by atoms with Crippen molar-refractivity contribution in [2.75, 3.05) is 19.6 Å². The van der Waals surface area contributed by atoms with Crippen LogP contribution in [-0.4, -0.2) is 41.4 Å². The molecule has 0 spiro atoms. The van der Waals surface area contributed by atoms with Gasteiger partial charge >= 0.3 is 0 Å². The molecule has 0 bridgehead atoms. The number of hydrogen-bond acceptors (Lipinski definition) is 4. The average Bonchev–Trinajstić information content (AvgIpc) is 2.52. The second-order valence-corrected chi connectivity index (χ2v) is 6.20. The first-order valence-corrected chi connectivity index (χ1v) is 8.27. The third-order valence-electron chi connectivity index (χ3n) is 4.59. The lowest BCUT2D eigenvalue weighted by Gasteiger charge is -2.33. The Kier molecular flexibility index (Phi) is 6.10. The summed E-state index contributed by atoms with van der Waals surface area (Å²) >= 11 is 0.